The first-order chi connectivity index (χ1) is 11.6. The number of piperidine rings is 1. The van der Waals surface area contributed by atoms with Crippen molar-refractivity contribution in [2.45, 2.75) is 18.9 Å². The molecule has 0 saturated carbocycles. The predicted molar refractivity (Wildman–Crippen MR) is 91.7 cm³/mol. The number of pyridine rings is 1. The molecular formula is C19H22N2O3. The molecule has 24 heavy (non-hydrogen) atoms. The van der Waals surface area contributed by atoms with Crippen LogP contribution >= 0.6 is 0 Å². The molecule has 0 aliphatic carbocycles. The van der Waals surface area contributed by atoms with Crippen molar-refractivity contribution >= 4 is 5.91 Å². The highest BCUT2D eigenvalue weighted by molar-refractivity contribution is 5.94. The minimum Gasteiger partial charge on any atom is -0.388 e. The molecule has 1 fully saturated rings. The van der Waals surface area contributed by atoms with Crippen LogP contribution in [0, 0.1) is 5.92 Å². The van der Waals surface area contributed by atoms with Crippen LogP contribution in [0.2, 0.25) is 0 Å². The van der Waals surface area contributed by atoms with E-state index in [1.165, 1.54) is 10.6 Å². The van der Waals surface area contributed by atoms with E-state index in [1.54, 1.807) is 24.2 Å². The van der Waals surface area contributed by atoms with Gasteiger partial charge in [-0.1, -0.05) is 30.3 Å². The van der Waals surface area contributed by atoms with Crippen molar-refractivity contribution in [3.05, 3.63) is 70.1 Å². The molecule has 3 rings (SSSR count). The van der Waals surface area contributed by atoms with Gasteiger partial charge in [-0.05, 0) is 30.4 Å². The van der Waals surface area contributed by atoms with Crippen LogP contribution in [0.15, 0.2) is 53.5 Å². The summed E-state index contributed by atoms with van der Waals surface area (Å²) < 4.78 is 1.44. The van der Waals surface area contributed by atoms with Crippen molar-refractivity contribution < 1.29 is 9.90 Å². The van der Waals surface area contributed by atoms with Crippen LogP contribution in [0.5, 0.6) is 0 Å². The van der Waals surface area contributed by atoms with Crippen molar-refractivity contribution in [3.63, 3.8) is 0 Å². The van der Waals surface area contributed by atoms with Crippen molar-refractivity contribution in [2.24, 2.45) is 13.0 Å². The average molecular weight is 326 g/mol. The summed E-state index contributed by atoms with van der Waals surface area (Å²) in [6.07, 6.45) is 2.63. The average Bonchev–Trinajstić information content (AvgIpc) is 2.63. The van der Waals surface area contributed by atoms with Crippen molar-refractivity contribution in [1.29, 1.82) is 0 Å². The van der Waals surface area contributed by atoms with Crippen LogP contribution in [-0.2, 0) is 7.05 Å². The first kappa shape index (κ1) is 16.5. The first-order valence-corrected chi connectivity index (χ1v) is 8.25. The van der Waals surface area contributed by atoms with Gasteiger partial charge in [0.2, 0.25) is 0 Å². The lowest BCUT2D eigenvalue weighted by Crippen LogP contribution is -2.40. The number of carbonyl (C=O) groups excluding carboxylic acids is 1. The van der Waals surface area contributed by atoms with Crippen LogP contribution in [-0.4, -0.2) is 33.6 Å². The fraction of sp³-hybridized carbons (Fsp3) is 0.368. The van der Waals surface area contributed by atoms with Gasteiger partial charge in [0.05, 0.1) is 6.10 Å². The number of amides is 1. The summed E-state index contributed by atoms with van der Waals surface area (Å²) in [5.74, 6) is 0.0421. The number of hydrogen-bond donors (Lipinski definition) is 1. The Morgan fingerprint density at radius 2 is 1.83 bits per heavy atom. The quantitative estimate of drug-likeness (QED) is 0.938. The van der Waals surface area contributed by atoms with Crippen molar-refractivity contribution in [1.82, 2.24) is 9.47 Å². The zero-order valence-corrected chi connectivity index (χ0v) is 13.8. The van der Waals surface area contributed by atoms with Gasteiger partial charge < -0.3 is 14.6 Å². The normalized spacial score (nSPS) is 16.8. The second-order valence-corrected chi connectivity index (χ2v) is 6.35. The van der Waals surface area contributed by atoms with E-state index in [-0.39, 0.29) is 17.4 Å². The van der Waals surface area contributed by atoms with Gasteiger partial charge in [0.1, 0.15) is 0 Å². The third-order valence-corrected chi connectivity index (χ3v) is 4.77. The van der Waals surface area contributed by atoms with Crippen LogP contribution in [0.4, 0.5) is 0 Å². The van der Waals surface area contributed by atoms with E-state index in [2.05, 4.69) is 0 Å². The molecule has 1 aliphatic heterocycles. The number of aryl methyl sites for hydroxylation is 1. The van der Waals surface area contributed by atoms with Gasteiger partial charge in [-0.2, -0.15) is 0 Å². The lowest BCUT2D eigenvalue weighted by Gasteiger charge is -2.34. The first-order valence-electron chi connectivity index (χ1n) is 8.25. The van der Waals surface area contributed by atoms with Crippen molar-refractivity contribution in [3.8, 4) is 0 Å². The third kappa shape index (κ3) is 3.41. The standard InChI is InChI=1S/C19H22N2O3/c1-20-10-7-16(13-17(20)22)19(24)21-11-8-15(9-12-21)18(23)14-5-3-2-4-6-14/h2-7,10,13,15,18,23H,8-9,11-12H2,1H3/t18-/m1/s1. The maximum absolute atomic E-state index is 12.5. The summed E-state index contributed by atoms with van der Waals surface area (Å²) in [5, 5.41) is 10.5. The van der Waals surface area contributed by atoms with Gasteiger partial charge >= 0.3 is 0 Å². The summed E-state index contributed by atoms with van der Waals surface area (Å²) in [5.41, 5.74) is 1.17. The SMILES string of the molecule is Cn1ccc(C(=O)N2CCC([C@H](O)c3ccccc3)CC2)cc1=O. The number of benzene rings is 1. The van der Waals surface area contributed by atoms with E-state index >= 15 is 0 Å². The van der Waals surface area contributed by atoms with E-state index < -0.39 is 6.10 Å². The Labute approximate surface area is 141 Å². The number of likely N-dealkylation sites (tertiary alicyclic amines) is 1. The lowest BCUT2D eigenvalue weighted by atomic mass is 9.87. The fourth-order valence-corrected chi connectivity index (χ4v) is 3.20. The molecule has 1 atom stereocenters. The van der Waals surface area contributed by atoms with Crippen LogP contribution in [0.25, 0.3) is 0 Å². The molecule has 2 heterocycles. The Hall–Kier alpha value is -2.40. The molecule has 0 spiro atoms. The highest BCUT2D eigenvalue weighted by atomic mass is 16.3. The highest BCUT2D eigenvalue weighted by Gasteiger charge is 2.28. The predicted octanol–water partition coefficient (Wildman–Crippen LogP) is 1.97. The Morgan fingerprint density at radius 1 is 1.17 bits per heavy atom. The molecule has 126 valence electrons. The summed E-state index contributed by atoms with van der Waals surface area (Å²) in [6, 6.07) is 12.7. The Bertz CT molecular complexity index is 762. The van der Waals surface area contributed by atoms with E-state index in [0.717, 1.165) is 18.4 Å². The Balaban J connectivity index is 1.63. The smallest absolute Gasteiger partial charge is 0.254 e. The minimum atomic E-state index is -0.493. The number of nitrogens with zero attached hydrogens (tertiary/aromatic N) is 2. The number of aromatic nitrogens is 1. The Kier molecular flexibility index (Phi) is 4.81. The number of hydrogen-bond acceptors (Lipinski definition) is 3. The molecule has 1 aromatic carbocycles. The maximum atomic E-state index is 12.5. The van der Waals surface area contributed by atoms with Gasteiger partial charge in [0, 0.05) is 38.0 Å². The second-order valence-electron chi connectivity index (χ2n) is 6.35. The van der Waals surface area contributed by atoms with Crippen LogP contribution in [0.1, 0.15) is 34.9 Å². The van der Waals surface area contributed by atoms with E-state index in [9.17, 15) is 14.7 Å². The molecule has 1 saturated heterocycles. The zero-order valence-electron chi connectivity index (χ0n) is 13.8. The monoisotopic (exact) mass is 326 g/mol. The van der Waals surface area contributed by atoms with Gasteiger partial charge in [0.25, 0.3) is 11.5 Å². The number of aliphatic hydroxyl groups is 1. The van der Waals surface area contributed by atoms with Gasteiger partial charge in [-0.25, -0.2) is 0 Å². The topological polar surface area (TPSA) is 62.5 Å². The molecule has 1 N–H and O–H groups in total. The van der Waals surface area contributed by atoms with E-state index in [4.69, 9.17) is 0 Å². The molecule has 5 nitrogen and oxygen atoms in total. The van der Waals surface area contributed by atoms with Crippen molar-refractivity contribution in [2.75, 3.05) is 13.1 Å². The zero-order chi connectivity index (χ0) is 17.1. The van der Waals surface area contributed by atoms with Crippen LogP contribution in [0.3, 0.4) is 0 Å². The molecule has 5 heteroatoms. The third-order valence-electron chi connectivity index (χ3n) is 4.77. The second kappa shape index (κ2) is 7.01. The minimum absolute atomic E-state index is 0.111. The molecule has 1 aromatic heterocycles. The molecule has 1 amide bonds. The maximum Gasteiger partial charge on any atom is 0.254 e. The summed E-state index contributed by atoms with van der Waals surface area (Å²) in [6.45, 7) is 1.20. The molecular weight excluding hydrogens is 304 g/mol. The van der Waals surface area contributed by atoms with E-state index in [1.807, 2.05) is 30.3 Å². The molecule has 0 radical (unpaired) electrons. The largest absolute Gasteiger partial charge is 0.388 e. The summed E-state index contributed by atoms with van der Waals surface area (Å²) >= 11 is 0. The van der Waals surface area contributed by atoms with Gasteiger partial charge in [-0.3, -0.25) is 9.59 Å². The van der Waals surface area contributed by atoms with Gasteiger partial charge in [0.15, 0.2) is 0 Å². The Morgan fingerprint density at radius 3 is 2.46 bits per heavy atom. The molecule has 2 aromatic rings. The molecule has 1 aliphatic rings. The van der Waals surface area contributed by atoms with E-state index in [0.29, 0.717) is 18.7 Å². The number of rotatable bonds is 3. The summed E-state index contributed by atoms with van der Waals surface area (Å²) in [7, 11) is 1.66. The number of carbonyl (C=O) groups is 1. The summed E-state index contributed by atoms with van der Waals surface area (Å²) in [4.78, 5) is 26.0. The highest BCUT2D eigenvalue weighted by Crippen LogP contribution is 2.30. The molecule has 0 unspecified atom stereocenters. The number of aliphatic hydroxyl groups excluding tert-OH is 1. The lowest BCUT2D eigenvalue weighted by molar-refractivity contribution is 0.0462. The molecule has 0 bridgehead atoms. The van der Waals surface area contributed by atoms with Crippen LogP contribution < -0.4 is 5.56 Å². The van der Waals surface area contributed by atoms with Gasteiger partial charge in [-0.15, -0.1) is 0 Å². The fourth-order valence-electron chi connectivity index (χ4n) is 3.20.